The van der Waals surface area contributed by atoms with Crippen LogP contribution < -0.4 is 10.1 Å². The molecule has 2 aromatic rings. The van der Waals surface area contributed by atoms with Gasteiger partial charge in [0.2, 0.25) is 5.91 Å². The van der Waals surface area contributed by atoms with Gasteiger partial charge in [0.15, 0.2) is 5.16 Å². The second-order valence-corrected chi connectivity index (χ2v) is 5.26. The Hall–Kier alpha value is -1.99. The fourth-order valence-corrected chi connectivity index (χ4v) is 2.51. The molecule has 7 heteroatoms. The Morgan fingerprint density at radius 1 is 1.52 bits per heavy atom. The molecule has 21 heavy (non-hydrogen) atoms. The monoisotopic (exact) mass is 307 g/mol. The molecule has 1 heterocycles. The lowest BCUT2D eigenvalue weighted by atomic mass is 10.3. The Kier molecular flexibility index (Phi) is 5.24. The maximum Gasteiger partial charge on any atom is 0.234 e. The number of nitrogens with one attached hydrogen (secondary N) is 1. The molecule has 0 aliphatic rings. The van der Waals surface area contributed by atoms with E-state index in [0.717, 1.165) is 0 Å². The molecule has 0 fully saturated rings. The van der Waals surface area contributed by atoms with E-state index in [-0.39, 0.29) is 18.3 Å². The first kappa shape index (κ1) is 15.4. The summed E-state index contributed by atoms with van der Waals surface area (Å²) in [7, 11) is 3.39. The number of amides is 1. The Morgan fingerprint density at radius 2 is 2.33 bits per heavy atom. The molecule has 1 amide bonds. The number of aliphatic hydroxyl groups is 1. The number of thioether (sulfide) groups is 1. The zero-order valence-corrected chi connectivity index (χ0v) is 12.7. The van der Waals surface area contributed by atoms with Crippen LogP contribution in [0.2, 0.25) is 0 Å². The molecular weight excluding hydrogens is 290 g/mol. The van der Waals surface area contributed by atoms with Gasteiger partial charge in [-0.25, -0.2) is 4.98 Å². The van der Waals surface area contributed by atoms with E-state index in [1.807, 2.05) is 12.1 Å². The molecule has 1 aromatic heterocycles. The number of anilines is 1. The second kappa shape index (κ2) is 7.14. The number of imidazole rings is 1. The summed E-state index contributed by atoms with van der Waals surface area (Å²) in [4.78, 5) is 16.1. The van der Waals surface area contributed by atoms with Crippen molar-refractivity contribution in [2.45, 2.75) is 11.8 Å². The van der Waals surface area contributed by atoms with Crippen LogP contribution in [0.5, 0.6) is 5.75 Å². The minimum Gasteiger partial charge on any atom is -0.497 e. The van der Waals surface area contributed by atoms with E-state index in [9.17, 15) is 4.79 Å². The third kappa shape index (κ3) is 3.99. The number of hydrogen-bond donors (Lipinski definition) is 2. The summed E-state index contributed by atoms with van der Waals surface area (Å²) in [6.07, 6.45) is 1.60. The normalized spacial score (nSPS) is 10.4. The Bertz CT molecular complexity index is 628. The second-order valence-electron chi connectivity index (χ2n) is 4.32. The highest BCUT2D eigenvalue weighted by atomic mass is 32.2. The zero-order chi connectivity index (χ0) is 15.2. The van der Waals surface area contributed by atoms with Crippen molar-refractivity contribution in [3.05, 3.63) is 36.2 Å². The van der Waals surface area contributed by atoms with Gasteiger partial charge in [0, 0.05) is 18.8 Å². The molecule has 0 atom stereocenters. The standard InChI is InChI=1S/C14H17N3O3S/c1-17-11(8-18)7-15-14(17)21-9-13(19)16-10-4-3-5-12(6-10)20-2/h3-7,18H,8-9H2,1-2H3,(H,16,19). The smallest absolute Gasteiger partial charge is 0.234 e. The van der Waals surface area contributed by atoms with Crippen molar-refractivity contribution >= 4 is 23.4 Å². The first-order chi connectivity index (χ1) is 10.1. The SMILES string of the molecule is COc1cccc(NC(=O)CSc2ncc(CO)n2C)c1. The van der Waals surface area contributed by atoms with Crippen LogP contribution in [0, 0.1) is 0 Å². The third-order valence-electron chi connectivity index (χ3n) is 2.89. The molecule has 6 nitrogen and oxygen atoms in total. The van der Waals surface area contributed by atoms with Gasteiger partial charge in [-0.2, -0.15) is 0 Å². The van der Waals surface area contributed by atoms with Crippen molar-refractivity contribution in [1.82, 2.24) is 9.55 Å². The number of carbonyl (C=O) groups is 1. The van der Waals surface area contributed by atoms with Crippen LogP contribution in [0.4, 0.5) is 5.69 Å². The fourth-order valence-electron chi connectivity index (χ4n) is 1.73. The van der Waals surface area contributed by atoms with Crippen molar-refractivity contribution in [2.75, 3.05) is 18.2 Å². The lowest BCUT2D eigenvalue weighted by molar-refractivity contribution is -0.113. The van der Waals surface area contributed by atoms with E-state index in [1.54, 1.807) is 37.1 Å². The van der Waals surface area contributed by atoms with Crippen LogP contribution in [0.3, 0.4) is 0 Å². The van der Waals surface area contributed by atoms with Gasteiger partial charge in [0.25, 0.3) is 0 Å². The molecule has 2 rings (SSSR count). The third-order valence-corrected chi connectivity index (χ3v) is 3.93. The van der Waals surface area contributed by atoms with E-state index in [2.05, 4.69) is 10.3 Å². The fraction of sp³-hybridized carbons (Fsp3) is 0.286. The van der Waals surface area contributed by atoms with Crippen molar-refractivity contribution in [1.29, 1.82) is 0 Å². The molecule has 0 saturated carbocycles. The van der Waals surface area contributed by atoms with Gasteiger partial charge in [0.05, 0.1) is 31.4 Å². The Balaban J connectivity index is 1.91. The summed E-state index contributed by atoms with van der Waals surface area (Å²) in [5, 5.41) is 12.6. The van der Waals surface area contributed by atoms with Crippen LogP contribution >= 0.6 is 11.8 Å². The van der Waals surface area contributed by atoms with Crippen LogP contribution in [-0.2, 0) is 18.4 Å². The number of aliphatic hydroxyl groups excluding tert-OH is 1. The van der Waals surface area contributed by atoms with Gasteiger partial charge < -0.3 is 19.7 Å². The minimum atomic E-state index is -0.123. The molecule has 0 aliphatic heterocycles. The quantitative estimate of drug-likeness (QED) is 0.794. The summed E-state index contributed by atoms with van der Waals surface area (Å²) < 4.78 is 6.87. The topological polar surface area (TPSA) is 76.4 Å². The number of aromatic nitrogens is 2. The molecular formula is C14H17N3O3S. The number of nitrogens with zero attached hydrogens (tertiary/aromatic N) is 2. The number of rotatable bonds is 6. The van der Waals surface area contributed by atoms with Crippen LogP contribution in [0.15, 0.2) is 35.6 Å². The van der Waals surface area contributed by atoms with Crippen molar-refractivity contribution in [3.8, 4) is 5.75 Å². The molecule has 0 saturated heterocycles. The highest BCUT2D eigenvalue weighted by Gasteiger charge is 2.09. The molecule has 0 unspecified atom stereocenters. The molecule has 112 valence electrons. The first-order valence-corrected chi connectivity index (χ1v) is 7.30. The lowest BCUT2D eigenvalue weighted by Gasteiger charge is -2.07. The first-order valence-electron chi connectivity index (χ1n) is 6.32. The van der Waals surface area contributed by atoms with Gasteiger partial charge in [-0.1, -0.05) is 17.8 Å². The molecule has 0 radical (unpaired) electrons. The summed E-state index contributed by atoms with van der Waals surface area (Å²) >= 11 is 1.32. The maximum absolute atomic E-state index is 11.9. The molecule has 2 N–H and O–H groups in total. The van der Waals surface area contributed by atoms with Crippen LogP contribution in [-0.4, -0.2) is 33.4 Å². The average molecular weight is 307 g/mol. The number of carbonyl (C=O) groups excluding carboxylic acids is 1. The maximum atomic E-state index is 11.9. The lowest BCUT2D eigenvalue weighted by Crippen LogP contribution is -2.14. The summed E-state index contributed by atoms with van der Waals surface area (Å²) in [5.41, 5.74) is 1.40. The van der Waals surface area contributed by atoms with E-state index < -0.39 is 0 Å². The van der Waals surface area contributed by atoms with Crippen molar-refractivity contribution < 1.29 is 14.6 Å². The van der Waals surface area contributed by atoms with E-state index in [1.165, 1.54) is 11.8 Å². The minimum absolute atomic E-state index is 0.0694. The average Bonchev–Trinajstić information content (AvgIpc) is 2.85. The van der Waals surface area contributed by atoms with Gasteiger partial charge >= 0.3 is 0 Å². The summed E-state index contributed by atoms with van der Waals surface area (Å²) in [6, 6.07) is 7.19. The van der Waals surface area contributed by atoms with Gasteiger partial charge in [-0.3, -0.25) is 4.79 Å². The largest absolute Gasteiger partial charge is 0.497 e. The van der Waals surface area contributed by atoms with Gasteiger partial charge in [-0.05, 0) is 12.1 Å². The predicted octanol–water partition coefficient (Wildman–Crippen LogP) is 1.65. The summed E-state index contributed by atoms with van der Waals surface area (Å²) in [6.45, 7) is -0.0694. The predicted molar refractivity (Wildman–Crippen MR) is 81.5 cm³/mol. The van der Waals surface area contributed by atoms with Gasteiger partial charge in [-0.15, -0.1) is 0 Å². The van der Waals surface area contributed by atoms with Crippen molar-refractivity contribution in [3.63, 3.8) is 0 Å². The van der Waals surface area contributed by atoms with Crippen LogP contribution in [0.25, 0.3) is 0 Å². The molecule has 0 aliphatic carbocycles. The Morgan fingerprint density at radius 3 is 3.00 bits per heavy atom. The number of ether oxygens (including phenoxy) is 1. The van der Waals surface area contributed by atoms with E-state index in [0.29, 0.717) is 22.3 Å². The molecule has 0 spiro atoms. The highest BCUT2D eigenvalue weighted by molar-refractivity contribution is 7.99. The van der Waals surface area contributed by atoms with E-state index >= 15 is 0 Å². The van der Waals surface area contributed by atoms with Gasteiger partial charge in [0.1, 0.15) is 5.75 Å². The summed E-state index contributed by atoms with van der Waals surface area (Å²) in [5.74, 6) is 0.811. The number of benzene rings is 1. The van der Waals surface area contributed by atoms with Crippen LogP contribution in [0.1, 0.15) is 5.69 Å². The van der Waals surface area contributed by atoms with E-state index in [4.69, 9.17) is 9.84 Å². The Labute approximate surface area is 127 Å². The zero-order valence-electron chi connectivity index (χ0n) is 11.9. The number of methoxy groups -OCH3 is 1. The molecule has 0 bridgehead atoms. The molecule has 1 aromatic carbocycles. The number of hydrogen-bond acceptors (Lipinski definition) is 5. The highest BCUT2D eigenvalue weighted by Crippen LogP contribution is 2.19. The van der Waals surface area contributed by atoms with Crippen molar-refractivity contribution in [2.24, 2.45) is 7.05 Å².